The molecular weight excluding hydrogens is 224 g/mol. The van der Waals surface area contributed by atoms with E-state index in [9.17, 15) is 0 Å². The molecule has 16 heavy (non-hydrogen) atoms. The molecule has 0 aliphatic rings. The van der Waals surface area contributed by atoms with Crippen LogP contribution in [-0.4, -0.2) is 25.9 Å². The smallest absolute Gasteiger partial charge is 0.170 e. The first-order valence-corrected chi connectivity index (χ1v) is 5.39. The number of rotatable bonds is 4. The molecule has 0 unspecified atom stereocenters. The molecule has 0 radical (unpaired) electrons. The summed E-state index contributed by atoms with van der Waals surface area (Å²) in [6.45, 7) is 2.78. The summed E-state index contributed by atoms with van der Waals surface area (Å²) < 4.78 is 10.3. The van der Waals surface area contributed by atoms with Crippen LogP contribution in [0.15, 0.2) is 18.2 Å². The van der Waals surface area contributed by atoms with E-state index in [1.54, 1.807) is 14.2 Å². The molecule has 0 heterocycles. The first-order chi connectivity index (χ1) is 7.71. The Balaban J connectivity index is 2.78. The molecule has 1 rings (SSSR count). The molecule has 0 amide bonds. The predicted molar refractivity (Wildman–Crippen MR) is 69.4 cm³/mol. The second-order valence-electron chi connectivity index (χ2n) is 3.05. The second-order valence-corrected chi connectivity index (χ2v) is 3.46. The van der Waals surface area contributed by atoms with Gasteiger partial charge in [0.15, 0.2) is 16.6 Å². The van der Waals surface area contributed by atoms with E-state index in [0.29, 0.717) is 16.6 Å². The number of hydrogen-bond acceptors (Lipinski definition) is 3. The molecule has 0 saturated heterocycles. The fourth-order valence-electron chi connectivity index (χ4n) is 1.25. The van der Waals surface area contributed by atoms with Crippen molar-refractivity contribution in [3.63, 3.8) is 0 Å². The molecule has 88 valence electrons. The third kappa shape index (κ3) is 3.27. The van der Waals surface area contributed by atoms with Crippen LogP contribution in [0.2, 0.25) is 0 Å². The van der Waals surface area contributed by atoms with Crippen LogP contribution in [0.3, 0.4) is 0 Å². The van der Waals surface area contributed by atoms with Crippen LogP contribution < -0.4 is 20.1 Å². The van der Waals surface area contributed by atoms with E-state index in [-0.39, 0.29) is 0 Å². The fraction of sp³-hybridized carbons (Fsp3) is 0.364. The van der Waals surface area contributed by atoms with Crippen molar-refractivity contribution in [2.24, 2.45) is 0 Å². The zero-order valence-electron chi connectivity index (χ0n) is 9.66. The Morgan fingerprint density at radius 1 is 1.25 bits per heavy atom. The van der Waals surface area contributed by atoms with Gasteiger partial charge >= 0.3 is 0 Å². The lowest BCUT2D eigenvalue weighted by Crippen LogP contribution is -2.27. The Hall–Kier alpha value is -1.49. The molecule has 0 fully saturated rings. The van der Waals surface area contributed by atoms with Crippen LogP contribution in [0.4, 0.5) is 5.69 Å². The first kappa shape index (κ1) is 12.6. The van der Waals surface area contributed by atoms with Gasteiger partial charge in [0, 0.05) is 18.3 Å². The largest absolute Gasteiger partial charge is 0.493 e. The van der Waals surface area contributed by atoms with Crippen molar-refractivity contribution in [2.75, 3.05) is 26.1 Å². The highest BCUT2D eigenvalue weighted by Crippen LogP contribution is 2.29. The van der Waals surface area contributed by atoms with Gasteiger partial charge in [-0.05, 0) is 31.3 Å². The summed E-state index contributed by atoms with van der Waals surface area (Å²) in [5, 5.41) is 6.65. The van der Waals surface area contributed by atoms with Crippen LogP contribution >= 0.6 is 12.2 Å². The molecule has 0 atom stereocenters. The van der Waals surface area contributed by atoms with Crippen LogP contribution in [0, 0.1) is 0 Å². The monoisotopic (exact) mass is 240 g/mol. The van der Waals surface area contributed by atoms with Gasteiger partial charge in [0.25, 0.3) is 0 Å². The van der Waals surface area contributed by atoms with Gasteiger partial charge < -0.3 is 20.1 Å². The maximum Gasteiger partial charge on any atom is 0.170 e. The summed E-state index contributed by atoms with van der Waals surface area (Å²) in [6, 6.07) is 5.54. The number of ether oxygens (including phenoxy) is 2. The minimum atomic E-state index is 0.592. The van der Waals surface area contributed by atoms with E-state index >= 15 is 0 Å². The number of hydrogen-bond donors (Lipinski definition) is 2. The third-order valence-corrected chi connectivity index (χ3v) is 2.23. The maximum absolute atomic E-state index is 5.19. The van der Waals surface area contributed by atoms with Gasteiger partial charge in [-0.1, -0.05) is 0 Å². The zero-order chi connectivity index (χ0) is 12.0. The average molecular weight is 240 g/mol. The van der Waals surface area contributed by atoms with Crippen LogP contribution in [0.5, 0.6) is 11.5 Å². The summed E-state index contributed by atoms with van der Waals surface area (Å²) >= 11 is 5.08. The Kier molecular flexibility index (Phi) is 4.85. The van der Waals surface area contributed by atoms with E-state index in [2.05, 4.69) is 10.6 Å². The van der Waals surface area contributed by atoms with Crippen molar-refractivity contribution in [3.8, 4) is 11.5 Å². The van der Waals surface area contributed by atoms with E-state index in [4.69, 9.17) is 21.7 Å². The molecule has 2 N–H and O–H groups in total. The quantitative estimate of drug-likeness (QED) is 0.788. The Bertz CT molecular complexity index is 369. The molecule has 0 saturated carbocycles. The normalized spacial score (nSPS) is 9.44. The number of benzene rings is 1. The predicted octanol–water partition coefficient (Wildman–Crippen LogP) is 2.01. The molecular formula is C11H16N2O2S. The third-order valence-electron chi connectivity index (χ3n) is 1.98. The van der Waals surface area contributed by atoms with E-state index < -0.39 is 0 Å². The Morgan fingerprint density at radius 3 is 2.50 bits per heavy atom. The lowest BCUT2D eigenvalue weighted by molar-refractivity contribution is 0.355. The van der Waals surface area contributed by atoms with Crippen molar-refractivity contribution in [1.29, 1.82) is 0 Å². The molecule has 0 bridgehead atoms. The van der Waals surface area contributed by atoms with Gasteiger partial charge in [0.05, 0.1) is 14.2 Å². The highest BCUT2D eigenvalue weighted by Gasteiger charge is 2.04. The molecule has 0 aromatic heterocycles. The van der Waals surface area contributed by atoms with Crippen molar-refractivity contribution >= 4 is 23.0 Å². The van der Waals surface area contributed by atoms with Gasteiger partial charge in [-0.25, -0.2) is 0 Å². The first-order valence-electron chi connectivity index (χ1n) is 4.98. The minimum Gasteiger partial charge on any atom is -0.493 e. The fourth-order valence-corrected chi connectivity index (χ4v) is 1.51. The van der Waals surface area contributed by atoms with Crippen LogP contribution in [0.1, 0.15) is 6.92 Å². The van der Waals surface area contributed by atoms with Crippen LogP contribution in [-0.2, 0) is 0 Å². The highest BCUT2D eigenvalue weighted by molar-refractivity contribution is 7.80. The van der Waals surface area contributed by atoms with Gasteiger partial charge in [-0.2, -0.15) is 0 Å². The molecule has 5 heteroatoms. The summed E-state index contributed by atoms with van der Waals surface area (Å²) in [4.78, 5) is 0. The highest BCUT2D eigenvalue weighted by atomic mass is 32.1. The van der Waals surface area contributed by atoms with E-state index in [0.717, 1.165) is 12.2 Å². The second kappa shape index (κ2) is 6.17. The van der Waals surface area contributed by atoms with Gasteiger partial charge in [-0.15, -0.1) is 0 Å². The van der Waals surface area contributed by atoms with Gasteiger partial charge in [0.1, 0.15) is 0 Å². The molecule has 0 spiro atoms. The Labute approximate surface area is 101 Å². The molecule has 4 nitrogen and oxygen atoms in total. The van der Waals surface area contributed by atoms with E-state index in [1.165, 1.54) is 0 Å². The standard InChI is InChI=1S/C11H16N2O2S/c1-4-12-11(16)13-8-5-6-9(14-2)10(7-8)15-3/h5-7H,4H2,1-3H3,(H2,12,13,16). The number of methoxy groups -OCH3 is 2. The van der Waals surface area contributed by atoms with Gasteiger partial charge in [0.2, 0.25) is 0 Å². The number of nitrogens with one attached hydrogen (secondary N) is 2. The summed E-state index contributed by atoms with van der Waals surface area (Å²) in [5.41, 5.74) is 0.864. The summed E-state index contributed by atoms with van der Waals surface area (Å²) in [6.07, 6.45) is 0. The topological polar surface area (TPSA) is 42.5 Å². The maximum atomic E-state index is 5.19. The lowest BCUT2D eigenvalue weighted by atomic mass is 10.3. The van der Waals surface area contributed by atoms with E-state index in [1.807, 2.05) is 25.1 Å². The summed E-state index contributed by atoms with van der Waals surface area (Å²) in [5.74, 6) is 1.37. The van der Waals surface area contributed by atoms with Crippen molar-refractivity contribution in [3.05, 3.63) is 18.2 Å². The Morgan fingerprint density at radius 2 is 1.94 bits per heavy atom. The van der Waals surface area contributed by atoms with Crippen molar-refractivity contribution < 1.29 is 9.47 Å². The molecule has 1 aromatic carbocycles. The van der Waals surface area contributed by atoms with Crippen molar-refractivity contribution in [1.82, 2.24) is 5.32 Å². The van der Waals surface area contributed by atoms with Crippen molar-refractivity contribution in [2.45, 2.75) is 6.92 Å². The summed E-state index contributed by atoms with van der Waals surface area (Å²) in [7, 11) is 3.21. The number of thiocarbonyl (C=S) groups is 1. The SMILES string of the molecule is CCNC(=S)Nc1ccc(OC)c(OC)c1. The molecule has 0 aliphatic carbocycles. The molecule has 0 aliphatic heterocycles. The van der Waals surface area contributed by atoms with Gasteiger partial charge in [-0.3, -0.25) is 0 Å². The minimum absolute atomic E-state index is 0.592. The lowest BCUT2D eigenvalue weighted by Gasteiger charge is -2.12. The zero-order valence-corrected chi connectivity index (χ0v) is 10.5. The number of anilines is 1. The average Bonchev–Trinajstić information content (AvgIpc) is 2.29. The molecule has 1 aromatic rings. The van der Waals surface area contributed by atoms with Crippen LogP contribution in [0.25, 0.3) is 0 Å².